The highest BCUT2D eigenvalue weighted by atomic mass is 16.1. The Labute approximate surface area is 128 Å². The summed E-state index contributed by atoms with van der Waals surface area (Å²) in [5.74, 6) is 0. The molecule has 0 spiro atoms. The minimum Gasteiger partial charge on any atom is -0.320 e. The van der Waals surface area contributed by atoms with E-state index in [1.165, 1.54) is 4.68 Å². The van der Waals surface area contributed by atoms with Crippen LogP contribution in [0, 0.1) is 0 Å². The van der Waals surface area contributed by atoms with Crippen LogP contribution in [-0.4, -0.2) is 9.78 Å². The molecule has 2 N–H and O–H groups in total. The van der Waals surface area contributed by atoms with Crippen molar-refractivity contribution >= 4 is 0 Å². The molecule has 0 amide bonds. The second kappa shape index (κ2) is 5.95. The van der Waals surface area contributed by atoms with E-state index >= 15 is 0 Å². The third kappa shape index (κ3) is 2.69. The van der Waals surface area contributed by atoms with Crippen molar-refractivity contribution in [3.8, 4) is 11.3 Å². The lowest BCUT2D eigenvalue weighted by atomic mass is 9.99. The van der Waals surface area contributed by atoms with E-state index < -0.39 is 6.04 Å². The van der Waals surface area contributed by atoms with Gasteiger partial charge in [-0.1, -0.05) is 60.7 Å². The molecule has 0 aliphatic rings. The molecule has 0 fully saturated rings. The predicted molar refractivity (Wildman–Crippen MR) is 87.4 cm³/mol. The first-order valence-electron chi connectivity index (χ1n) is 7.11. The van der Waals surface area contributed by atoms with Gasteiger partial charge in [-0.15, -0.1) is 0 Å². The first-order valence-corrected chi connectivity index (χ1v) is 7.11. The number of rotatable bonds is 3. The highest BCUT2D eigenvalue weighted by Crippen LogP contribution is 2.21. The molecule has 1 heterocycles. The quantitative estimate of drug-likeness (QED) is 0.806. The molecule has 4 nitrogen and oxygen atoms in total. The van der Waals surface area contributed by atoms with Gasteiger partial charge in [0.1, 0.15) is 0 Å². The third-order valence-corrected chi connectivity index (χ3v) is 3.65. The van der Waals surface area contributed by atoms with Crippen LogP contribution in [0.2, 0.25) is 0 Å². The molecular weight excluding hydrogens is 274 g/mol. The fourth-order valence-corrected chi connectivity index (χ4v) is 2.44. The maximum atomic E-state index is 12.4. The number of nitrogens with zero attached hydrogens (tertiary/aromatic N) is 2. The van der Waals surface area contributed by atoms with Gasteiger partial charge in [-0.3, -0.25) is 4.79 Å². The molecule has 0 radical (unpaired) electrons. The lowest BCUT2D eigenvalue weighted by molar-refractivity contribution is 0.684. The van der Waals surface area contributed by atoms with Crippen LogP contribution in [0.15, 0.2) is 71.5 Å². The van der Waals surface area contributed by atoms with E-state index in [4.69, 9.17) is 5.73 Å². The van der Waals surface area contributed by atoms with Crippen LogP contribution < -0.4 is 11.3 Å². The molecule has 2 aromatic carbocycles. The summed E-state index contributed by atoms with van der Waals surface area (Å²) in [6.07, 6.45) is 0. The van der Waals surface area contributed by atoms with E-state index in [1.54, 1.807) is 13.1 Å². The van der Waals surface area contributed by atoms with E-state index in [1.807, 2.05) is 60.7 Å². The molecule has 1 unspecified atom stereocenters. The molecule has 3 rings (SSSR count). The Morgan fingerprint density at radius 1 is 1.00 bits per heavy atom. The van der Waals surface area contributed by atoms with Crippen molar-refractivity contribution in [3.63, 3.8) is 0 Å². The molecule has 0 aliphatic carbocycles. The lowest BCUT2D eigenvalue weighted by Gasteiger charge is -2.14. The Hall–Kier alpha value is -2.72. The molecule has 1 aromatic heterocycles. The molecule has 4 heteroatoms. The Balaban J connectivity index is 2.12. The van der Waals surface area contributed by atoms with Crippen molar-refractivity contribution in [2.45, 2.75) is 6.04 Å². The van der Waals surface area contributed by atoms with Gasteiger partial charge in [0.15, 0.2) is 0 Å². The second-order valence-electron chi connectivity index (χ2n) is 5.17. The largest absolute Gasteiger partial charge is 0.320 e. The molecule has 0 aliphatic heterocycles. The number of benzene rings is 2. The predicted octanol–water partition coefficient (Wildman–Crippen LogP) is 2.50. The standard InChI is InChI=1S/C18H17N3O/c1-21-18(22)15(17(19)14-10-6-3-7-11-14)12-16(20-21)13-8-4-2-5-9-13/h2-12,17H,19H2,1H3. The first-order chi connectivity index (χ1) is 10.7. The van der Waals surface area contributed by atoms with Crippen LogP contribution in [0.25, 0.3) is 11.3 Å². The summed E-state index contributed by atoms with van der Waals surface area (Å²) < 4.78 is 1.35. The summed E-state index contributed by atoms with van der Waals surface area (Å²) in [6, 6.07) is 20.7. The van der Waals surface area contributed by atoms with Crippen molar-refractivity contribution < 1.29 is 0 Å². The van der Waals surface area contributed by atoms with Crippen molar-refractivity contribution in [1.82, 2.24) is 9.78 Å². The number of aromatic nitrogens is 2. The summed E-state index contributed by atoms with van der Waals surface area (Å²) in [5.41, 5.74) is 9.27. The molecule has 0 bridgehead atoms. The van der Waals surface area contributed by atoms with Crippen LogP contribution in [0.5, 0.6) is 0 Å². The van der Waals surface area contributed by atoms with E-state index in [0.717, 1.165) is 16.8 Å². The summed E-state index contributed by atoms with van der Waals surface area (Å²) in [4.78, 5) is 12.4. The molecule has 0 saturated heterocycles. The number of hydrogen-bond acceptors (Lipinski definition) is 3. The lowest BCUT2D eigenvalue weighted by Crippen LogP contribution is -2.29. The third-order valence-electron chi connectivity index (χ3n) is 3.65. The van der Waals surface area contributed by atoms with Gasteiger partial charge in [0, 0.05) is 18.2 Å². The van der Waals surface area contributed by atoms with Crippen molar-refractivity contribution in [2.75, 3.05) is 0 Å². The summed E-state index contributed by atoms with van der Waals surface area (Å²) in [6.45, 7) is 0. The molecule has 0 saturated carbocycles. The van der Waals surface area contributed by atoms with Crippen molar-refractivity contribution in [3.05, 3.63) is 88.2 Å². The van der Waals surface area contributed by atoms with E-state index in [-0.39, 0.29) is 5.56 Å². The van der Waals surface area contributed by atoms with Gasteiger partial charge < -0.3 is 5.73 Å². The van der Waals surface area contributed by atoms with Gasteiger partial charge >= 0.3 is 0 Å². The van der Waals surface area contributed by atoms with E-state index in [9.17, 15) is 4.79 Å². The summed E-state index contributed by atoms with van der Waals surface area (Å²) >= 11 is 0. The van der Waals surface area contributed by atoms with Crippen LogP contribution in [-0.2, 0) is 7.05 Å². The summed E-state index contributed by atoms with van der Waals surface area (Å²) in [7, 11) is 1.65. The molecule has 110 valence electrons. The average molecular weight is 291 g/mol. The van der Waals surface area contributed by atoms with Gasteiger partial charge in [-0.2, -0.15) is 5.10 Å². The highest BCUT2D eigenvalue weighted by Gasteiger charge is 2.16. The maximum absolute atomic E-state index is 12.4. The van der Waals surface area contributed by atoms with Crippen LogP contribution in [0.3, 0.4) is 0 Å². The van der Waals surface area contributed by atoms with Crippen LogP contribution in [0.4, 0.5) is 0 Å². The Morgan fingerprint density at radius 3 is 2.23 bits per heavy atom. The zero-order valence-electron chi connectivity index (χ0n) is 12.3. The Kier molecular flexibility index (Phi) is 3.85. The normalized spacial score (nSPS) is 12.1. The molecule has 1 atom stereocenters. The zero-order chi connectivity index (χ0) is 15.5. The average Bonchev–Trinajstić information content (AvgIpc) is 2.58. The van der Waals surface area contributed by atoms with E-state index in [2.05, 4.69) is 5.10 Å². The fraction of sp³-hybridized carbons (Fsp3) is 0.111. The van der Waals surface area contributed by atoms with Crippen LogP contribution in [0.1, 0.15) is 17.2 Å². The molecular formula is C18H17N3O. The number of nitrogens with two attached hydrogens (primary N) is 1. The van der Waals surface area contributed by atoms with Gasteiger partial charge in [-0.25, -0.2) is 4.68 Å². The van der Waals surface area contributed by atoms with E-state index in [0.29, 0.717) is 5.56 Å². The SMILES string of the molecule is Cn1nc(-c2ccccc2)cc(C(N)c2ccccc2)c1=O. The number of hydrogen-bond donors (Lipinski definition) is 1. The van der Waals surface area contributed by atoms with Crippen LogP contribution >= 0.6 is 0 Å². The minimum atomic E-state index is -0.467. The molecule has 3 aromatic rings. The first kappa shape index (κ1) is 14.2. The smallest absolute Gasteiger partial charge is 0.271 e. The Bertz CT molecular complexity index is 826. The van der Waals surface area contributed by atoms with Crippen molar-refractivity contribution in [1.29, 1.82) is 0 Å². The van der Waals surface area contributed by atoms with Gasteiger partial charge in [0.25, 0.3) is 5.56 Å². The van der Waals surface area contributed by atoms with Gasteiger partial charge in [0.2, 0.25) is 0 Å². The highest BCUT2D eigenvalue weighted by molar-refractivity contribution is 5.59. The molecule has 22 heavy (non-hydrogen) atoms. The van der Waals surface area contributed by atoms with Crippen molar-refractivity contribution in [2.24, 2.45) is 12.8 Å². The van der Waals surface area contributed by atoms with Gasteiger partial charge in [-0.05, 0) is 11.6 Å². The second-order valence-corrected chi connectivity index (χ2v) is 5.17. The monoisotopic (exact) mass is 291 g/mol. The fourth-order valence-electron chi connectivity index (χ4n) is 2.44. The summed E-state index contributed by atoms with van der Waals surface area (Å²) in [5, 5.41) is 4.33. The maximum Gasteiger partial charge on any atom is 0.271 e. The minimum absolute atomic E-state index is 0.170. The Morgan fingerprint density at radius 2 is 1.59 bits per heavy atom. The zero-order valence-corrected chi connectivity index (χ0v) is 12.3. The van der Waals surface area contributed by atoms with Gasteiger partial charge in [0.05, 0.1) is 11.7 Å². The number of aryl methyl sites for hydroxylation is 1. The topological polar surface area (TPSA) is 60.9 Å².